The smallest absolute Gasteiger partial charge is 0.309 e. The van der Waals surface area contributed by atoms with Crippen LogP contribution in [0.3, 0.4) is 0 Å². The quantitative estimate of drug-likeness (QED) is 0.206. The van der Waals surface area contributed by atoms with E-state index in [1.165, 1.54) is 0 Å². The van der Waals surface area contributed by atoms with Crippen LogP contribution in [0.25, 0.3) is 0 Å². The molecule has 2 fully saturated rings. The van der Waals surface area contributed by atoms with Gasteiger partial charge in [-0.15, -0.1) is 0 Å². The van der Waals surface area contributed by atoms with Crippen molar-refractivity contribution in [2.24, 2.45) is 11.5 Å². The van der Waals surface area contributed by atoms with Crippen LogP contribution in [0.2, 0.25) is 0 Å². The second-order valence-electron chi connectivity index (χ2n) is 5.96. The van der Waals surface area contributed by atoms with Crippen molar-refractivity contribution in [3.63, 3.8) is 0 Å². The molecule has 2 amide bonds. The van der Waals surface area contributed by atoms with Crippen molar-refractivity contribution >= 4 is 6.03 Å². The molecule has 0 saturated carbocycles. The van der Waals surface area contributed by atoms with E-state index < -0.39 is 80.7 Å². The molecule has 2 aliphatic rings. The van der Waals surface area contributed by atoms with Crippen molar-refractivity contribution in [1.82, 2.24) is 0 Å². The van der Waals surface area contributed by atoms with Crippen molar-refractivity contribution in [3.8, 4) is 0 Å². The summed E-state index contributed by atoms with van der Waals surface area (Å²) < 4.78 is 15.4. The predicted molar refractivity (Wildman–Crippen MR) is 82.4 cm³/mol. The van der Waals surface area contributed by atoms with E-state index in [2.05, 4.69) is 11.5 Å². The molecular weight excluding hydrogens is 376 g/mol. The lowest BCUT2D eigenvalue weighted by molar-refractivity contribution is -0.383. The van der Waals surface area contributed by atoms with E-state index in [1.54, 1.807) is 0 Å². The number of primary amides is 2. The van der Waals surface area contributed by atoms with Crippen LogP contribution in [0, 0.1) is 0 Å². The van der Waals surface area contributed by atoms with Gasteiger partial charge in [-0.25, -0.2) is 4.79 Å². The average molecular weight is 402 g/mol. The Morgan fingerprint density at radius 3 is 1.81 bits per heavy atom. The number of aliphatic hydroxyl groups excluding tert-OH is 8. The molecule has 1 unspecified atom stereocenters. The van der Waals surface area contributed by atoms with Crippen LogP contribution < -0.4 is 11.5 Å². The molecule has 0 aliphatic carbocycles. The molecule has 14 heteroatoms. The second-order valence-corrected chi connectivity index (χ2v) is 5.96. The number of rotatable bonds is 5. The maximum atomic E-state index is 10.00. The number of nitrogens with two attached hydrogens (primary N) is 2. The minimum atomic E-state index is -2.22. The van der Waals surface area contributed by atoms with Crippen molar-refractivity contribution in [3.05, 3.63) is 0 Å². The van der Waals surface area contributed by atoms with Crippen LogP contribution in [0.15, 0.2) is 0 Å². The number of hydrogen-bond donors (Lipinski definition) is 10. The van der Waals surface area contributed by atoms with Gasteiger partial charge >= 0.3 is 6.03 Å². The Bertz CT molecular complexity index is 478. The summed E-state index contributed by atoms with van der Waals surface area (Å²) in [6.07, 6.45) is -12.7. The minimum absolute atomic E-state index is 0.669. The number of urea groups is 1. The summed E-state index contributed by atoms with van der Waals surface area (Å²) >= 11 is 0. The standard InChI is InChI=1S/C12H22O11.CH4N2O/c13-1-4-6(16)8(18)9(19)11(21-4)23-12(3-15)10(20)7(17)5(2-14)22-12;2-1(3)4/h4-11,13-20H,1-3H2;(H4,2,3,4)/t4-,5-,6-,7-,8+,9-,10+,11-,12?;/m1./s1. The van der Waals surface area contributed by atoms with Gasteiger partial charge < -0.3 is 66.5 Å². The first kappa shape index (κ1) is 23.9. The fraction of sp³-hybridized carbons (Fsp3) is 0.923. The molecule has 2 saturated heterocycles. The zero-order chi connectivity index (χ0) is 20.9. The van der Waals surface area contributed by atoms with E-state index in [4.69, 9.17) is 29.2 Å². The summed E-state index contributed by atoms with van der Waals surface area (Å²) in [4.78, 5) is 9.00. The first-order valence-corrected chi connectivity index (χ1v) is 7.83. The maximum absolute atomic E-state index is 10.00. The zero-order valence-electron chi connectivity index (χ0n) is 14.1. The van der Waals surface area contributed by atoms with E-state index in [1.807, 2.05) is 0 Å². The summed E-state index contributed by atoms with van der Waals surface area (Å²) in [5.41, 5.74) is 8.50. The third kappa shape index (κ3) is 5.21. The molecule has 0 radical (unpaired) electrons. The van der Waals surface area contributed by atoms with Crippen LogP contribution >= 0.6 is 0 Å². The van der Waals surface area contributed by atoms with Gasteiger partial charge in [0.25, 0.3) is 0 Å². The number of carbonyl (C=O) groups is 1. The Hall–Kier alpha value is -1.17. The zero-order valence-corrected chi connectivity index (χ0v) is 14.1. The van der Waals surface area contributed by atoms with E-state index in [0.717, 1.165) is 0 Å². The van der Waals surface area contributed by atoms with Crippen molar-refractivity contribution in [2.45, 2.75) is 54.8 Å². The van der Waals surface area contributed by atoms with Crippen molar-refractivity contribution in [1.29, 1.82) is 0 Å². The summed E-state index contributed by atoms with van der Waals surface area (Å²) in [6, 6.07) is -0.833. The topological polar surface area (TPSA) is 259 Å². The van der Waals surface area contributed by atoms with Gasteiger partial charge in [0.2, 0.25) is 5.79 Å². The molecule has 0 spiro atoms. The molecule has 0 aromatic carbocycles. The minimum Gasteiger partial charge on any atom is -0.394 e. The molecule has 14 nitrogen and oxygen atoms in total. The highest BCUT2D eigenvalue weighted by Gasteiger charge is 2.58. The molecule has 0 aromatic rings. The lowest BCUT2D eigenvalue weighted by atomic mass is 9.99. The van der Waals surface area contributed by atoms with Gasteiger partial charge in [-0.3, -0.25) is 0 Å². The van der Waals surface area contributed by atoms with Crippen LogP contribution in [0.1, 0.15) is 0 Å². The van der Waals surface area contributed by atoms with Crippen LogP contribution in [0.5, 0.6) is 0 Å². The fourth-order valence-corrected chi connectivity index (χ4v) is 2.63. The third-order valence-electron chi connectivity index (χ3n) is 4.07. The summed E-state index contributed by atoms with van der Waals surface area (Å²) in [6.45, 7) is -2.32. The lowest BCUT2D eigenvalue weighted by Crippen LogP contribution is -2.62. The largest absolute Gasteiger partial charge is 0.394 e. The monoisotopic (exact) mass is 402 g/mol. The second kappa shape index (κ2) is 9.85. The van der Waals surface area contributed by atoms with E-state index in [0.29, 0.717) is 0 Å². The van der Waals surface area contributed by atoms with E-state index in [-0.39, 0.29) is 0 Å². The Labute approximate surface area is 153 Å². The first-order valence-electron chi connectivity index (χ1n) is 7.83. The van der Waals surface area contributed by atoms with Crippen molar-refractivity contribution in [2.75, 3.05) is 19.8 Å². The number of hydrogen-bond acceptors (Lipinski definition) is 12. The average Bonchev–Trinajstić information content (AvgIpc) is 2.86. The van der Waals surface area contributed by atoms with Gasteiger partial charge in [0.1, 0.15) is 49.3 Å². The molecule has 9 atom stereocenters. The molecule has 2 heterocycles. The number of aliphatic hydroxyl groups is 8. The molecule has 12 N–H and O–H groups in total. The highest BCUT2D eigenvalue weighted by atomic mass is 16.8. The van der Waals surface area contributed by atoms with Crippen LogP contribution in [-0.4, -0.2) is 122 Å². The van der Waals surface area contributed by atoms with Gasteiger partial charge in [0, 0.05) is 0 Å². The Kier molecular flexibility index (Phi) is 8.71. The van der Waals surface area contributed by atoms with Crippen molar-refractivity contribution < 1.29 is 59.9 Å². The first-order chi connectivity index (χ1) is 12.5. The third-order valence-corrected chi connectivity index (χ3v) is 4.07. The number of carbonyl (C=O) groups excluding carboxylic acids is 1. The van der Waals surface area contributed by atoms with E-state index >= 15 is 0 Å². The SMILES string of the molecule is NC(N)=O.OC[C@H]1OC(CO)(O[C@H]2O[C@H](CO)[C@@H](O)[C@H](O)[C@H]2O)[C@@H](O)[C@@H]1O. The molecule has 160 valence electrons. The Balaban J connectivity index is 0.000000828. The molecular formula is C13H26N2O12. The highest BCUT2D eigenvalue weighted by Crippen LogP contribution is 2.35. The maximum Gasteiger partial charge on any atom is 0.309 e. The molecule has 27 heavy (non-hydrogen) atoms. The molecule has 2 aliphatic heterocycles. The molecule has 0 aromatic heterocycles. The van der Waals surface area contributed by atoms with Crippen LogP contribution in [0.4, 0.5) is 4.79 Å². The predicted octanol–water partition coefficient (Wildman–Crippen LogP) is -6.37. The van der Waals surface area contributed by atoms with Gasteiger partial charge in [-0.1, -0.05) is 0 Å². The summed E-state index contributed by atoms with van der Waals surface area (Å²) in [5.74, 6) is -2.22. The van der Waals surface area contributed by atoms with Gasteiger partial charge in [-0.2, -0.15) is 0 Å². The highest BCUT2D eigenvalue weighted by molar-refractivity contribution is 5.69. The van der Waals surface area contributed by atoms with Gasteiger partial charge in [-0.05, 0) is 0 Å². The normalized spacial score (nSPS) is 44.4. The molecule has 2 rings (SSSR count). The fourth-order valence-electron chi connectivity index (χ4n) is 2.63. The molecule has 0 bridgehead atoms. The van der Waals surface area contributed by atoms with Gasteiger partial charge in [0.15, 0.2) is 6.29 Å². The Morgan fingerprint density at radius 2 is 1.41 bits per heavy atom. The van der Waals surface area contributed by atoms with Gasteiger partial charge in [0.05, 0.1) is 13.2 Å². The summed E-state index contributed by atoms with van der Waals surface area (Å²) in [7, 11) is 0. The van der Waals surface area contributed by atoms with Crippen LogP contribution in [-0.2, 0) is 14.2 Å². The lowest BCUT2D eigenvalue weighted by Gasteiger charge is -2.43. The Morgan fingerprint density at radius 1 is 0.889 bits per heavy atom. The summed E-state index contributed by atoms with van der Waals surface area (Å²) in [5, 5.41) is 76.7. The van der Waals surface area contributed by atoms with E-state index in [9.17, 15) is 30.6 Å². The number of ether oxygens (including phenoxy) is 3. The number of amides is 2.